The van der Waals surface area contributed by atoms with Gasteiger partial charge >= 0.3 is 0 Å². The molecule has 3 aromatic rings. The molecule has 2 amide bonds. The van der Waals surface area contributed by atoms with Gasteiger partial charge in [0, 0.05) is 29.8 Å². The summed E-state index contributed by atoms with van der Waals surface area (Å²) < 4.78 is 0. The Kier molecular flexibility index (Phi) is 11.5. The molecule has 1 aliphatic carbocycles. The molecule has 0 radical (unpaired) electrons. The topological polar surface area (TPSA) is 49.4 Å². The highest BCUT2D eigenvalue weighted by atomic mass is 35.5. The second-order valence-corrected chi connectivity index (χ2v) is 12.2. The van der Waals surface area contributed by atoms with Crippen molar-refractivity contribution >= 4 is 58.4 Å². The van der Waals surface area contributed by atoms with Crippen molar-refractivity contribution in [1.82, 2.24) is 10.2 Å². The number of hydrogen-bond acceptors (Lipinski definition) is 3. The molecule has 1 saturated carbocycles. The molecule has 1 atom stereocenters. The van der Waals surface area contributed by atoms with Crippen molar-refractivity contribution in [2.24, 2.45) is 0 Å². The molecule has 39 heavy (non-hydrogen) atoms. The Morgan fingerprint density at radius 2 is 1.54 bits per heavy atom. The fourth-order valence-electron chi connectivity index (χ4n) is 4.85. The first-order valence-corrected chi connectivity index (χ1v) is 15.6. The molecule has 1 N–H and O–H groups in total. The van der Waals surface area contributed by atoms with E-state index in [0.29, 0.717) is 33.8 Å². The Morgan fingerprint density at radius 1 is 0.846 bits per heavy atom. The maximum absolute atomic E-state index is 13.8. The van der Waals surface area contributed by atoms with E-state index >= 15 is 0 Å². The van der Waals surface area contributed by atoms with Crippen LogP contribution >= 0.6 is 46.6 Å². The summed E-state index contributed by atoms with van der Waals surface area (Å²) in [5, 5.41) is 4.90. The molecule has 3 aromatic carbocycles. The van der Waals surface area contributed by atoms with Gasteiger partial charge in [-0.2, -0.15) is 0 Å². The lowest BCUT2D eigenvalue weighted by Crippen LogP contribution is -2.53. The zero-order valence-electron chi connectivity index (χ0n) is 21.8. The number of nitrogens with one attached hydrogen (secondary N) is 1. The van der Waals surface area contributed by atoms with Crippen LogP contribution in [0.15, 0.2) is 72.8 Å². The number of amides is 2. The number of nitrogens with zero attached hydrogens (tertiary/aromatic N) is 1. The minimum Gasteiger partial charge on any atom is -0.352 e. The van der Waals surface area contributed by atoms with Gasteiger partial charge in [0.1, 0.15) is 6.04 Å². The molecular formula is C31H33Cl3N2O2S. The van der Waals surface area contributed by atoms with Gasteiger partial charge in [-0.15, -0.1) is 11.8 Å². The average Bonchev–Trinajstić information content (AvgIpc) is 2.94. The second-order valence-electron chi connectivity index (χ2n) is 9.94. The largest absolute Gasteiger partial charge is 0.352 e. The Hall–Kier alpha value is -2.18. The minimum atomic E-state index is -0.636. The first-order valence-electron chi connectivity index (χ1n) is 13.3. The van der Waals surface area contributed by atoms with Crippen LogP contribution in [0.4, 0.5) is 0 Å². The van der Waals surface area contributed by atoms with Gasteiger partial charge in [-0.05, 0) is 53.8 Å². The first-order chi connectivity index (χ1) is 18.9. The molecule has 4 nitrogen and oxygen atoms in total. The van der Waals surface area contributed by atoms with Crippen LogP contribution in [-0.2, 0) is 28.3 Å². The molecule has 0 bridgehead atoms. The predicted molar refractivity (Wildman–Crippen MR) is 164 cm³/mol. The molecule has 0 saturated heterocycles. The van der Waals surface area contributed by atoms with E-state index < -0.39 is 6.04 Å². The van der Waals surface area contributed by atoms with E-state index in [1.54, 1.807) is 11.0 Å². The lowest BCUT2D eigenvalue weighted by atomic mass is 9.94. The first kappa shape index (κ1) is 29.8. The van der Waals surface area contributed by atoms with Gasteiger partial charge in [-0.25, -0.2) is 0 Å². The molecule has 1 fully saturated rings. The lowest BCUT2D eigenvalue weighted by Gasteiger charge is -2.33. The summed E-state index contributed by atoms with van der Waals surface area (Å²) in [5.41, 5.74) is 2.92. The van der Waals surface area contributed by atoms with E-state index in [1.807, 2.05) is 66.7 Å². The Morgan fingerprint density at radius 3 is 2.23 bits per heavy atom. The summed E-state index contributed by atoms with van der Waals surface area (Å²) in [7, 11) is 0. The van der Waals surface area contributed by atoms with Crippen molar-refractivity contribution in [3.63, 3.8) is 0 Å². The van der Waals surface area contributed by atoms with Gasteiger partial charge in [-0.1, -0.05) is 103 Å². The zero-order chi connectivity index (χ0) is 27.6. The van der Waals surface area contributed by atoms with Crippen LogP contribution in [0.1, 0.15) is 48.8 Å². The van der Waals surface area contributed by atoms with Crippen molar-refractivity contribution in [3.05, 3.63) is 105 Å². The molecule has 0 aliphatic heterocycles. The number of thioether (sulfide) groups is 1. The summed E-state index contributed by atoms with van der Waals surface area (Å²) in [5.74, 6) is 0.655. The number of carbonyl (C=O) groups excluding carboxylic acids is 2. The normalized spacial score (nSPS) is 14.5. The molecule has 4 rings (SSSR count). The number of carbonyl (C=O) groups is 2. The number of benzene rings is 3. The highest BCUT2D eigenvalue weighted by Crippen LogP contribution is 2.26. The van der Waals surface area contributed by atoms with E-state index in [-0.39, 0.29) is 23.6 Å². The van der Waals surface area contributed by atoms with Crippen molar-refractivity contribution in [2.45, 2.75) is 62.9 Å². The standard InChI is InChI=1S/C31H33Cl3N2O2S/c32-25-14-11-23(12-15-25)19-36(30(37)21-39-20-24-13-16-27(33)28(34)17-24)29(18-22-7-3-1-4-8-22)31(38)35-26-9-5-2-6-10-26/h1,3-4,7-8,11-17,26,29H,2,5-6,9-10,18-21H2,(H,35,38)/t29-/m0/s1. The molecule has 1 aliphatic rings. The summed E-state index contributed by atoms with van der Waals surface area (Å²) in [6.45, 7) is 0.318. The molecule has 0 unspecified atom stereocenters. The van der Waals surface area contributed by atoms with Crippen LogP contribution in [0.5, 0.6) is 0 Å². The van der Waals surface area contributed by atoms with Crippen molar-refractivity contribution in [2.75, 3.05) is 5.75 Å². The number of halogens is 3. The predicted octanol–water partition coefficient (Wildman–Crippen LogP) is 7.97. The van der Waals surface area contributed by atoms with Crippen LogP contribution in [0.3, 0.4) is 0 Å². The third kappa shape index (κ3) is 9.18. The summed E-state index contributed by atoms with van der Waals surface area (Å²) >= 11 is 19.8. The molecular weight excluding hydrogens is 571 g/mol. The van der Waals surface area contributed by atoms with E-state index in [0.717, 1.165) is 42.4 Å². The zero-order valence-corrected chi connectivity index (χ0v) is 24.8. The fraction of sp³-hybridized carbons (Fsp3) is 0.355. The summed E-state index contributed by atoms with van der Waals surface area (Å²) in [6, 6.07) is 22.3. The smallest absolute Gasteiger partial charge is 0.243 e. The van der Waals surface area contributed by atoms with Crippen LogP contribution in [-0.4, -0.2) is 34.6 Å². The molecule has 206 valence electrons. The molecule has 0 heterocycles. The van der Waals surface area contributed by atoms with Crippen LogP contribution in [0.2, 0.25) is 15.1 Å². The van der Waals surface area contributed by atoms with Crippen LogP contribution in [0.25, 0.3) is 0 Å². The highest BCUT2D eigenvalue weighted by molar-refractivity contribution is 7.99. The Bertz CT molecular complexity index is 1230. The summed E-state index contributed by atoms with van der Waals surface area (Å²) in [4.78, 5) is 29.3. The van der Waals surface area contributed by atoms with E-state index in [2.05, 4.69) is 5.32 Å². The van der Waals surface area contributed by atoms with Gasteiger partial charge in [0.05, 0.1) is 15.8 Å². The van der Waals surface area contributed by atoms with Gasteiger partial charge in [-0.3, -0.25) is 9.59 Å². The molecule has 8 heteroatoms. The fourth-order valence-corrected chi connectivity index (χ4v) is 6.16. The third-order valence-corrected chi connectivity index (χ3v) is 8.95. The SMILES string of the molecule is O=C(NC1CCCCC1)[C@H](Cc1ccccc1)N(Cc1ccc(Cl)cc1)C(=O)CSCc1ccc(Cl)c(Cl)c1. The lowest BCUT2D eigenvalue weighted by molar-refractivity contribution is -0.139. The average molecular weight is 604 g/mol. The second kappa shape index (κ2) is 15.0. The Labute approximate surface area is 250 Å². The van der Waals surface area contributed by atoms with Crippen LogP contribution < -0.4 is 5.32 Å². The highest BCUT2D eigenvalue weighted by Gasteiger charge is 2.31. The van der Waals surface area contributed by atoms with Crippen LogP contribution in [0, 0.1) is 0 Å². The quantitative estimate of drug-likeness (QED) is 0.242. The maximum atomic E-state index is 13.8. The van der Waals surface area contributed by atoms with E-state index in [9.17, 15) is 9.59 Å². The molecule has 0 spiro atoms. The van der Waals surface area contributed by atoms with Crippen molar-refractivity contribution in [3.8, 4) is 0 Å². The van der Waals surface area contributed by atoms with E-state index in [1.165, 1.54) is 18.2 Å². The van der Waals surface area contributed by atoms with Gasteiger partial charge < -0.3 is 10.2 Å². The van der Waals surface area contributed by atoms with Gasteiger partial charge in [0.25, 0.3) is 0 Å². The summed E-state index contributed by atoms with van der Waals surface area (Å²) in [6.07, 6.45) is 5.84. The monoisotopic (exact) mass is 602 g/mol. The van der Waals surface area contributed by atoms with Crippen molar-refractivity contribution in [1.29, 1.82) is 0 Å². The molecule has 0 aromatic heterocycles. The van der Waals surface area contributed by atoms with Crippen molar-refractivity contribution < 1.29 is 9.59 Å². The van der Waals surface area contributed by atoms with Gasteiger partial charge in [0.2, 0.25) is 11.8 Å². The van der Waals surface area contributed by atoms with Gasteiger partial charge in [0.15, 0.2) is 0 Å². The Balaban J connectivity index is 1.55. The number of hydrogen-bond donors (Lipinski definition) is 1. The van der Waals surface area contributed by atoms with E-state index in [4.69, 9.17) is 34.8 Å². The maximum Gasteiger partial charge on any atom is 0.243 e. The third-order valence-electron chi connectivity index (χ3n) is 6.97. The minimum absolute atomic E-state index is 0.0882. The number of rotatable bonds is 11.